The van der Waals surface area contributed by atoms with Gasteiger partial charge in [-0.3, -0.25) is 0 Å². The summed E-state index contributed by atoms with van der Waals surface area (Å²) < 4.78 is 0. The molecule has 0 amide bonds. The molecule has 5 aliphatic carbocycles. The molecule has 196 valence electrons. The predicted molar refractivity (Wildman–Crippen MR) is 140 cm³/mol. The molecular weight excluding hydrogens is 436 g/mol. The number of aliphatic hydroxyl groups excluding tert-OH is 1. The number of fused-ring (bicyclic) bond motifs is 7. The lowest BCUT2D eigenvalue weighted by molar-refractivity contribution is -0.225. The van der Waals surface area contributed by atoms with E-state index < -0.39 is 5.41 Å². The molecule has 5 rings (SSSR count). The van der Waals surface area contributed by atoms with Gasteiger partial charge in [0.15, 0.2) is 0 Å². The predicted octanol–water partition coefficient (Wildman–Crippen LogP) is 6.91. The van der Waals surface area contributed by atoms with E-state index in [1.165, 1.54) is 31.3 Å². The molecule has 0 saturated heterocycles. The van der Waals surface area contributed by atoms with Crippen molar-refractivity contribution < 1.29 is 15.5 Å². The van der Waals surface area contributed by atoms with Gasteiger partial charge in [0.2, 0.25) is 0 Å². The minimum Gasteiger partial charge on any atom is -0.411 e. The van der Waals surface area contributed by atoms with Crippen LogP contribution in [-0.2, 0) is 0 Å². The molecule has 3 N–H and O–H groups in total. The normalized spacial score (nSPS) is 54.7. The molecule has 5 nitrogen and oxygen atoms in total. The first-order valence-corrected chi connectivity index (χ1v) is 14.1. The zero-order valence-electron chi connectivity index (χ0n) is 22.7. The molecule has 0 aromatic carbocycles. The Morgan fingerprint density at radius 2 is 1.69 bits per heavy atom. The van der Waals surface area contributed by atoms with Gasteiger partial charge in [0.25, 0.3) is 0 Å². The highest BCUT2D eigenvalue weighted by atomic mass is 16.4. The molecule has 0 aliphatic heterocycles. The number of oxime groups is 2. The SMILES string of the molecule is C=C(C)[C@@H]1CC[C@]2(/C=N/O)CC[C@]3(C)[C@H](CC[C@@H]4[C@@]5(C)CC/C(=N\O)[C@@](C)(CO)[C@@H]5CC[C@]43C)[C@@H]12. The van der Waals surface area contributed by atoms with E-state index in [0.29, 0.717) is 29.6 Å². The average molecular weight is 485 g/mol. The van der Waals surface area contributed by atoms with Crippen molar-refractivity contribution in [2.75, 3.05) is 6.61 Å². The largest absolute Gasteiger partial charge is 0.411 e. The van der Waals surface area contributed by atoms with Crippen LogP contribution in [0.4, 0.5) is 0 Å². The Morgan fingerprint density at radius 3 is 2.31 bits per heavy atom. The molecule has 0 heterocycles. The second kappa shape index (κ2) is 8.07. The third kappa shape index (κ3) is 3.03. The van der Waals surface area contributed by atoms with E-state index >= 15 is 0 Å². The maximum atomic E-state index is 10.5. The van der Waals surface area contributed by atoms with Gasteiger partial charge in [-0.1, -0.05) is 45.0 Å². The van der Waals surface area contributed by atoms with Crippen LogP contribution in [0.2, 0.25) is 0 Å². The van der Waals surface area contributed by atoms with Crippen molar-refractivity contribution in [3.8, 4) is 0 Å². The Bertz CT molecular complexity index is 946. The van der Waals surface area contributed by atoms with Crippen LogP contribution < -0.4 is 0 Å². The Labute approximate surface area is 212 Å². The van der Waals surface area contributed by atoms with Crippen molar-refractivity contribution in [1.29, 1.82) is 0 Å². The van der Waals surface area contributed by atoms with Gasteiger partial charge in [0, 0.05) is 10.8 Å². The molecular formula is C30H48N2O3. The van der Waals surface area contributed by atoms with Crippen LogP contribution in [0.1, 0.15) is 98.8 Å². The average Bonchev–Trinajstić information content (AvgIpc) is 3.19. The Balaban J connectivity index is 1.56. The van der Waals surface area contributed by atoms with Crippen LogP contribution in [-0.4, -0.2) is 34.1 Å². The zero-order chi connectivity index (χ0) is 25.4. The molecule has 5 saturated carbocycles. The number of hydrogen-bond acceptors (Lipinski definition) is 5. The fourth-order valence-electron chi connectivity index (χ4n) is 11.5. The van der Waals surface area contributed by atoms with Crippen molar-refractivity contribution in [3.05, 3.63) is 12.2 Å². The second-order valence-corrected chi connectivity index (χ2v) is 14.3. The lowest BCUT2D eigenvalue weighted by Crippen LogP contribution is -2.67. The number of aliphatic hydroxyl groups is 1. The second-order valence-electron chi connectivity index (χ2n) is 14.3. The van der Waals surface area contributed by atoms with Gasteiger partial charge < -0.3 is 15.5 Å². The van der Waals surface area contributed by atoms with Crippen LogP contribution in [0.25, 0.3) is 0 Å². The quantitative estimate of drug-likeness (QED) is 0.176. The van der Waals surface area contributed by atoms with E-state index in [-0.39, 0.29) is 28.3 Å². The van der Waals surface area contributed by atoms with Gasteiger partial charge in [-0.2, -0.15) is 0 Å². The summed E-state index contributed by atoms with van der Waals surface area (Å²) in [7, 11) is 0. The molecule has 0 aromatic heterocycles. The molecule has 5 aliphatic rings. The van der Waals surface area contributed by atoms with Crippen molar-refractivity contribution in [1.82, 2.24) is 0 Å². The topological polar surface area (TPSA) is 85.4 Å². The summed E-state index contributed by atoms with van der Waals surface area (Å²) in [6, 6.07) is 0. The number of rotatable bonds is 3. The number of allylic oxidation sites excluding steroid dienone is 1. The van der Waals surface area contributed by atoms with Gasteiger partial charge >= 0.3 is 0 Å². The van der Waals surface area contributed by atoms with Crippen LogP contribution in [0, 0.1) is 56.7 Å². The molecule has 35 heavy (non-hydrogen) atoms. The molecule has 0 spiro atoms. The summed E-state index contributed by atoms with van der Waals surface area (Å²) in [5, 5.41) is 37.3. The standard InChI is InChI=1S/C30H48N2O3/c1-19(2)20-9-14-30(17-31-34)16-15-28(5)21(25(20)30)7-8-23-26(3)12-11-24(32-35)27(4,18-33)22(26)10-13-29(23,28)6/h17,20-23,25,33-35H,1,7-16,18H2,2-6H3/b31-17+,32-24+/t20-,21+,22+,23+,25+,26-,27-,28+,29+,30+/m0/s1. The Kier molecular flexibility index (Phi) is 5.83. The summed E-state index contributed by atoms with van der Waals surface area (Å²) in [6.07, 6.45) is 13.0. The first-order chi connectivity index (χ1) is 16.5. The van der Waals surface area contributed by atoms with Crippen LogP contribution in [0.3, 0.4) is 0 Å². The smallest absolute Gasteiger partial charge is 0.0655 e. The lowest BCUT2D eigenvalue weighted by Gasteiger charge is -2.72. The highest BCUT2D eigenvalue weighted by Crippen LogP contribution is 2.77. The van der Waals surface area contributed by atoms with Crippen molar-refractivity contribution in [2.45, 2.75) is 98.8 Å². The first kappa shape index (κ1) is 25.3. The van der Waals surface area contributed by atoms with Crippen LogP contribution in [0.5, 0.6) is 0 Å². The molecule has 0 unspecified atom stereocenters. The molecule has 5 fully saturated rings. The Hall–Kier alpha value is -1.36. The zero-order valence-corrected chi connectivity index (χ0v) is 22.7. The van der Waals surface area contributed by atoms with Gasteiger partial charge in [-0.15, -0.1) is 5.16 Å². The summed E-state index contributed by atoms with van der Waals surface area (Å²) in [5.41, 5.74) is 2.29. The fourth-order valence-corrected chi connectivity index (χ4v) is 11.5. The van der Waals surface area contributed by atoms with Crippen molar-refractivity contribution >= 4 is 11.9 Å². The summed E-state index contributed by atoms with van der Waals surface area (Å²) in [5.74, 6) is 2.59. The summed E-state index contributed by atoms with van der Waals surface area (Å²) >= 11 is 0. The minimum atomic E-state index is -0.434. The van der Waals surface area contributed by atoms with E-state index in [4.69, 9.17) is 0 Å². The summed E-state index contributed by atoms with van der Waals surface area (Å²) in [6.45, 7) is 16.5. The van der Waals surface area contributed by atoms with Gasteiger partial charge in [-0.05, 0) is 117 Å². The Morgan fingerprint density at radius 1 is 0.943 bits per heavy atom. The van der Waals surface area contributed by atoms with Crippen LogP contribution in [0.15, 0.2) is 22.5 Å². The van der Waals surface area contributed by atoms with Gasteiger partial charge in [0.1, 0.15) is 0 Å². The molecule has 10 atom stereocenters. The van der Waals surface area contributed by atoms with Crippen molar-refractivity contribution in [2.24, 2.45) is 67.0 Å². The number of nitrogens with zero attached hydrogens (tertiary/aromatic N) is 2. The molecule has 0 radical (unpaired) electrons. The lowest BCUT2D eigenvalue weighted by atomic mass is 9.32. The number of hydrogen-bond donors (Lipinski definition) is 3. The first-order valence-electron chi connectivity index (χ1n) is 14.1. The third-order valence-electron chi connectivity index (χ3n) is 13.5. The van der Waals surface area contributed by atoms with Crippen LogP contribution >= 0.6 is 0 Å². The summed E-state index contributed by atoms with van der Waals surface area (Å²) in [4.78, 5) is 0. The highest BCUT2D eigenvalue weighted by Gasteiger charge is 2.71. The monoisotopic (exact) mass is 484 g/mol. The van der Waals surface area contributed by atoms with E-state index in [0.717, 1.165) is 44.2 Å². The van der Waals surface area contributed by atoms with Gasteiger partial charge in [-0.25, -0.2) is 0 Å². The fraction of sp³-hybridized carbons (Fsp3) is 0.867. The van der Waals surface area contributed by atoms with E-state index in [1.54, 1.807) is 0 Å². The maximum absolute atomic E-state index is 10.5. The highest BCUT2D eigenvalue weighted by molar-refractivity contribution is 5.91. The van der Waals surface area contributed by atoms with Crippen molar-refractivity contribution in [3.63, 3.8) is 0 Å². The van der Waals surface area contributed by atoms with E-state index in [1.807, 2.05) is 6.21 Å². The van der Waals surface area contributed by atoms with E-state index in [9.17, 15) is 15.5 Å². The maximum Gasteiger partial charge on any atom is 0.0655 e. The third-order valence-corrected chi connectivity index (χ3v) is 13.5. The molecule has 0 bridgehead atoms. The molecule has 0 aromatic rings. The molecule has 5 heteroatoms. The van der Waals surface area contributed by atoms with Gasteiger partial charge in [0.05, 0.1) is 18.5 Å². The minimum absolute atomic E-state index is 0.0135. The van der Waals surface area contributed by atoms with E-state index in [2.05, 4.69) is 51.5 Å².